The van der Waals surface area contributed by atoms with Crippen LogP contribution in [-0.2, 0) is 4.79 Å². The summed E-state index contributed by atoms with van der Waals surface area (Å²) in [6.07, 6.45) is 5.71. The number of hydrogen-bond donors (Lipinski definition) is 2. The van der Waals surface area contributed by atoms with Crippen molar-refractivity contribution >= 4 is 5.91 Å². The molecule has 0 aromatic carbocycles. The van der Waals surface area contributed by atoms with Crippen LogP contribution >= 0.6 is 0 Å². The molecule has 1 saturated heterocycles. The Kier molecular flexibility index (Phi) is 3.22. The van der Waals surface area contributed by atoms with E-state index in [-0.39, 0.29) is 11.9 Å². The second kappa shape index (κ2) is 4.34. The minimum atomic E-state index is -0.360. The number of nitrogens with zero attached hydrogens (tertiary/aromatic N) is 1. The zero-order chi connectivity index (χ0) is 11.8. The van der Waals surface area contributed by atoms with Crippen LogP contribution < -0.4 is 11.5 Å². The fourth-order valence-corrected chi connectivity index (χ4v) is 3.07. The van der Waals surface area contributed by atoms with Crippen LogP contribution in [0.5, 0.6) is 0 Å². The van der Waals surface area contributed by atoms with Crippen LogP contribution in [0.25, 0.3) is 0 Å². The SMILES string of the molecule is CC(N)C(=O)N1CCC2(CCC(N)CC2)C1. The molecule has 0 aromatic rings. The molecule has 1 aliphatic carbocycles. The van der Waals surface area contributed by atoms with Crippen molar-refractivity contribution in [3.63, 3.8) is 0 Å². The average Bonchev–Trinajstić information content (AvgIpc) is 2.66. The summed E-state index contributed by atoms with van der Waals surface area (Å²) in [7, 11) is 0. The van der Waals surface area contributed by atoms with Gasteiger partial charge in [-0.25, -0.2) is 0 Å². The van der Waals surface area contributed by atoms with E-state index in [1.165, 1.54) is 12.8 Å². The van der Waals surface area contributed by atoms with E-state index in [0.29, 0.717) is 11.5 Å². The van der Waals surface area contributed by atoms with Gasteiger partial charge < -0.3 is 16.4 Å². The van der Waals surface area contributed by atoms with Gasteiger partial charge in [0.15, 0.2) is 0 Å². The van der Waals surface area contributed by atoms with Crippen LogP contribution in [0.4, 0.5) is 0 Å². The number of nitrogens with two attached hydrogens (primary N) is 2. The van der Waals surface area contributed by atoms with Crippen molar-refractivity contribution in [2.45, 2.75) is 51.1 Å². The zero-order valence-electron chi connectivity index (χ0n) is 10.1. The van der Waals surface area contributed by atoms with Gasteiger partial charge in [0.1, 0.15) is 0 Å². The maximum Gasteiger partial charge on any atom is 0.239 e. The Morgan fingerprint density at radius 3 is 2.56 bits per heavy atom. The van der Waals surface area contributed by atoms with Gasteiger partial charge in [-0.3, -0.25) is 4.79 Å². The second-order valence-electron chi connectivity index (χ2n) is 5.64. The maximum atomic E-state index is 11.8. The maximum absolute atomic E-state index is 11.8. The number of amides is 1. The third-order valence-corrected chi connectivity index (χ3v) is 4.23. The molecule has 4 heteroatoms. The van der Waals surface area contributed by atoms with Crippen molar-refractivity contribution in [1.29, 1.82) is 0 Å². The van der Waals surface area contributed by atoms with E-state index in [0.717, 1.165) is 32.4 Å². The standard InChI is InChI=1S/C12H23N3O/c1-9(13)11(16)15-7-6-12(8-15)4-2-10(14)3-5-12/h9-10H,2-8,13-14H2,1H3. The third-order valence-electron chi connectivity index (χ3n) is 4.23. The minimum absolute atomic E-state index is 0.103. The summed E-state index contributed by atoms with van der Waals surface area (Å²) in [5.74, 6) is 0.103. The van der Waals surface area contributed by atoms with Gasteiger partial charge in [0, 0.05) is 19.1 Å². The molecule has 0 aromatic heterocycles. The summed E-state index contributed by atoms with van der Waals surface area (Å²) in [5, 5.41) is 0. The molecule has 1 heterocycles. The first-order valence-corrected chi connectivity index (χ1v) is 6.32. The molecular formula is C12H23N3O. The number of carbonyl (C=O) groups is 1. The second-order valence-corrected chi connectivity index (χ2v) is 5.64. The number of carbonyl (C=O) groups excluding carboxylic acids is 1. The number of hydrogen-bond acceptors (Lipinski definition) is 3. The highest BCUT2D eigenvalue weighted by atomic mass is 16.2. The smallest absolute Gasteiger partial charge is 0.239 e. The van der Waals surface area contributed by atoms with E-state index in [1.54, 1.807) is 6.92 Å². The predicted octanol–water partition coefficient (Wildman–Crippen LogP) is 0.454. The normalized spacial score (nSPS) is 36.7. The van der Waals surface area contributed by atoms with Gasteiger partial charge in [0.25, 0.3) is 0 Å². The first-order chi connectivity index (χ1) is 7.52. The number of rotatable bonds is 1. The lowest BCUT2D eigenvalue weighted by molar-refractivity contribution is -0.131. The van der Waals surface area contributed by atoms with E-state index in [9.17, 15) is 4.79 Å². The topological polar surface area (TPSA) is 72.4 Å². The van der Waals surface area contributed by atoms with Gasteiger partial charge in [-0.05, 0) is 44.4 Å². The fourth-order valence-electron chi connectivity index (χ4n) is 3.07. The molecule has 1 aliphatic heterocycles. The predicted molar refractivity (Wildman–Crippen MR) is 63.7 cm³/mol. The van der Waals surface area contributed by atoms with Gasteiger partial charge in [0.2, 0.25) is 5.91 Å². The lowest BCUT2D eigenvalue weighted by Gasteiger charge is -2.36. The highest BCUT2D eigenvalue weighted by Crippen LogP contribution is 2.43. The van der Waals surface area contributed by atoms with Crippen LogP contribution in [0.15, 0.2) is 0 Å². The van der Waals surface area contributed by atoms with Gasteiger partial charge in [-0.1, -0.05) is 0 Å². The fraction of sp³-hybridized carbons (Fsp3) is 0.917. The summed E-state index contributed by atoms with van der Waals surface area (Å²) in [6, 6.07) is 0.0183. The van der Waals surface area contributed by atoms with Crippen LogP contribution in [0, 0.1) is 5.41 Å². The van der Waals surface area contributed by atoms with E-state index < -0.39 is 0 Å². The highest BCUT2D eigenvalue weighted by Gasteiger charge is 2.42. The summed E-state index contributed by atoms with van der Waals surface area (Å²) < 4.78 is 0. The Labute approximate surface area is 97.3 Å². The Morgan fingerprint density at radius 1 is 1.38 bits per heavy atom. The molecule has 4 N–H and O–H groups in total. The van der Waals surface area contributed by atoms with Crippen LogP contribution in [0.2, 0.25) is 0 Å². The molecule has 16 heavy (non-hydrogen) atoms. The Balaban J connectivity index is 1.94. The summed E-state index contributed by atoms with van der Waals surface area (Å²) >= 11 is 0. The lowest BCUT2D eigenvalue weighted by atomic mass is 9.72. The Hall–Kier alpha value is -0.610. The molecule has 2 fully saturated rings. The first-order valence-electron chi connectivity index (χ1n) is 6.32. The molecule has 2 aliphatic rings. The van der Waals surface area contributed by atoms with Crippen LogP contribution in [0.3, 0.4) is 0 Å². The average molecular weight is 225 g/mol. The van der Waals surface area contributed by atoms with Crippen LogP contribution in [-0.4, -0.2) is 36.0 Å². The van der Waals surface area contributed by atoms with Crippen molar-refractivity contribution in [3.8, 4) is 0 Å². The molecule has 1 amide bonds. The van der Waals surface area contributed by atoms with Gasteiger partial charge >= 0.3 is 0 Å². The molecule has 1 spiro atoms. The van der Waals surface area contributed by atoms with Crippen molar-refractivity contribution in [2.24, 2.45) is 16.9 Å². The van der Waals surface area contributed by atoms with E-state index in [4.69, 9.17) is 11.5 Å². The van der Waals surface area contributed by atoms with Crippen molar-refractivity contribution in [3.05, 3.63) is 0 Å². The minimum Gasteiger partial charge on any atom is -0.341 e. The zero-order valence-corrected chi connectivity index (χ0v) is 10.1. The van der Waals surface area contributed by atoms with Gasteiger partial charge in [0.05, 0.1) is 6.04 Å². The lowest BCUT2D eigenvalue weighted by Crippen LogP contribution is -2.43. The monoisotopic (exact) mass is 225 g/mol. The van der Waals surface area contributed by atoms with Crippen LogP contribution in [0.1, 0.15) is 39.0 Å². The summed E-state index contributed by atoms with van der Waals surface area (Å²) in [4.78, 5) is 13.8. The first kappa shape index (κ1) is 11.9. The molecule has 0 radical (unpaired) electrons. The number of likely N-dealkylation sites (tertiary alicyclic amines) is 1. The Morgan fingerprint density at radius 2 is 2.00 bits per heavy atom. The van der Waals surface area contributed by atoms with Crippen molar-refractivity contribution in [2.75, 3.05) is 13.1 Å². The molecule has 92 valence electrons. The largest absolute Gasteiger partial charge is 0.341 e. The molecule has 2 rings (SSSR count). The quantitative estimate of drug-likeness (QED) is 0.680. The summed E-state index contributed by atoms with van der Waals surface area (Å²) in [6.45, 7) is 3.56. The molecular weight excluding hydrogens is 202 g/mol. The Bertz CT molecular complexity index is 269. The molecule has 0 bridgehead atoms. The van der Waals surface area contributed by atoms with E-state index in [2.05, 4.69) is 0 Å². The molecule has 1 unspecified atom stereocenters. The third kappa shape index (κ3) is 2.23. The van der Waals surface area contributed by atoms with E-state index >= 15 is 0 Å². The molecule has 4 nitrogen and oxygen atoms in total. The summed E-state index contributed by atoms with van der Waals surface area (Å²) in [5.41, 5.74) is 11.9. The van der Waals surface area contributed by atoms with Gasteiger partial charge in [-0.15, -0.1) is 0 Å². The molecule has 1 atom stereocenters. The van der Waals surface area contributed by atoms with Gasteiger partial charge in [-0.2, -0.15) is 0 Å². The van der Waals surface area contributed by atoms with E-state index in [1.807, 2.05) is 4.90 Å². The van der Waals surface area contributed by atoms with Crippen molar-refractivity contribution in [1.82, 2.24) is 4.90 Å². The van der Waals surface area contributed by atoms with Crippen molar-refractivity contribution < 1.29 is 4.79 Å². The molecule has 1 saturated carbocycles. The highest BCUT2D eigenvalue weighted by molar-refractivity contribution is 5.81.